The van der Waals surface area contributed by atoms with E-state index < -0.39 is 11.8 Å². The average molecular weight is 464 g/mol. The molecule has 1 amide bonds. The van der Waals surface area contributed by atoms with Crippen molar-refractivity contribution in [2.24, 2.45) is 5.92 Å². The average Bonchev–Trinajstić information content (AvgIpc) is 2.85. The summed E-state index contributed by atoms with van der Waals surface area (Å²) < 4.78 is 19.5. The number of hydrogen-bond donors (Lipinski definition) is 1. The highest BCUT2D eigenvalue weighted by molar-refractivity contribution is 5.95. The van der Waals surface area contributed by atoms with Crippen LogP contribution in [0.25, 0.3) is 5.69 Å². The predicted molar refractivity (Wildman–Crippen MR) is 126 cm³/mol. The van der Waals surface area contributed by atoms with Gasteiger partial charge in [-0.15, -0.1) is 5.10 Å². The zero-order valence-electron chi connectivity index (χ0n) is 18.7. The summed E-state index contributed by atoms with van der Waals surface area (Å²) in [4.78, 5) is 39.2. The maximum absolute atomic E-state index is 13.3. The van der Waals surface area contributed by atoms with Crippen molar-refractivity contribution in [2.75, 3.05) is 29.9 Å². The predicted octanol–water partition coefficient (Wildman–Crippen LogP) is 3.40. The molecule has 3 aromatic rings. The molecule has 0 radical (unpaired) electrons. The van der Waals surface area contributed by atoms with Gasteiger partial charge in [0.1, 0.15) is 11.6 Å². The Morgan fingerprint density at radius 2 is 1.94 bits per heavy atom. The Hall–Kier alpha value is -4.01. The van der Waals surface area contributed by atoms with Crippen LogP contribution in [0, 0.1) is 11.7 Å². The molecule has 1 aliphatic rings. The first-order valence-electron chi connectivity index (χ1n) is 11.1. The maximum Gasteiger partial charge on any atom is 0.338 e. The molecule has 1 atom stereocenters. The fourth-order valence-electron chi connectivity index (χ4n) is 3.92. The number of nitrogens with zero attached hydrogens (tertiary/aromatic N) is 3. The first kappa shape index (κ1) is 23.2. The number of nitrogens with one attached hydrogen (secondary N) is 1. The Balaban J connectivity index is 1.47. The van der Waals surface area contributed by atoms with Gasteiger partial charge in [-0.2, -0.15) is 4.68 Å². The first-order valence-corrected chi connectivity index (χ1v) is 11.1. The molecule has 176 valence electrons. The summed E-state index contributed by atoms with van der Waals surface area (Å²) in [6, 6.07) is 15.2. The van der Waals surface area contributed by atoms with Gasteiger partial charge in [0.2, 0.25) is 5.91 Å². The number of anilines is 2. The van der Waals surface area contributed by atoms with Crippen molar-refractivity contribution in [1.29, 1.82) is 0 Å². The number of carbonyl (C=O) groups is 2. The zero-order valence-corrected chi connectivity index (χ0v) is 18.7. The number of hydrogen-bond acceptors (Lipinski definition) is 6. The summed E-state index contributed by atoms with van der Waals surface area (Å²) in [6.07, 6.45) is 1.48. The molecule has 1 aliphatic heterocycles. The molecule has 1 fully saturated rings. The normalized spacial score (nSPS) is 15.6. The second kappa shape index (κ2) is 10.3. The van der Waals surface area contributed by atoms with Gasteiger partial charge >= 0.3 is 5.97 Å². The first-order chi connectivity index (χ1) is 16.4. The lowest BCUT2D eigenvalue weighted by Crippen LogP contribution is -2.41. The number of halogens is 1. The Bertz CT molecular complexity index is 1240. The van der Waals surface area contributed by atoms with Crippen molar-refractivity contribution in [3.05, 3.63) is 82.4 Å². The number of ether oxygens (including phenoxy) is 1. The topological polar surface area (TPSA) is 93.5 Å². The van der Waals surface area contributed by atoms with Crippen LogP contribution in [-0.4, -0.2) is 41.4 Å². The van der Waals surface area contributed by atoms with Crippen LogP contribution in [0.3, 0.4) is 0 Å². The molecule has 0 spiro atoms. The molecule has 0 aliphatic carbocycles. The number of aromatic nitrogens is 2. The van der Waals surface area contributed by atoms with Gasteiger partial charge in [-0.3, -0.25) is 9.59 Å². The summed E-state index contributed by atoms with van der Waals surface area (Å²) in [5.41, 5.74) is 1.03. The summed E-state index contributed by atoms with van der Waals surface area (Å²) >= 11 is 0. The lowest BCUT2D eigenvalue weighted by atomic mass is 9.97. The molecule has 8 nitrogen and oxygen atoms in total. The Morgan fingerprint density at radius 3 is 2.71 bits per heavy atom. The molecule has 4 rings (SSSR count). The van der Waals surface area contributed by atoms with E-state index >= 15 is 0 Å². The molecule has 0 saturated carbocycles. The number of amides is 1. The van der Waals surface area contributed by atoms with Gasteiger partial charge in [0.25, 0.3) is 5.56 Å². The lowest BCUT2D eigenvalue weighted by Gasteiger charge is -2.33. The van der Waals surface area contributed by atoms with Gasteiger partial charge in [-0.1, -0.05) is 6.07 Å². The second-order valence-electron chi connectivity index (χ2n) is 7.99. The standard InChI is InChI=1S/C25H25FN4O4/c1-2-34-25(33)17-5-3-7-20(15-17)27-24(32)18-6-4-14-29(16-18)22-12-13-23(31)30(28-22)21-10-8-19(26)9-11-21/h3,5,7-13,15,18H,2,4,6,14,16H2,1H3,(H,27,32). The monoisotopic (exact) mass is 464 g/mol. The third kappa shape index (κ3) is 5.31. The number of piperidine rings is 1. The van der Waals surface area contributed by atoms with Crippen LogP contribution in [-0.2, 0) is 9.53 Å². The van der Waals surface area contributed by atoms with E-state index in [0.29, 0.717) is 42.3 Å². The van der Waals surface area contributed by atoms with Crippen LogP contribution in [0.4, 0.5) is 15.9 Å². The number of esters is 1. The number of benzene rings is 2. The third-order valence-electron chi connectivity index (χ3n) is 5.61. The van der Waals surface area contributed by atoms with Crippen LogP contribution < -0.4 is 15.8 Å². The second-order valence-corrected chi connectivity index (χ2v) is 7.99. The Morgan fingerprint density at radius 1 is 1.15 bits per heavy atom. The minimum absolute atomic E-state index is 0.155. The zero-order chi connectivity index (χ0) is 24.1. The van der Waals surface area contributed by atoms with Gasteiger partial charge in [0.05, 0.1) is 23.8 Å². The molecule has 1 aromatic heterocycles. The fraction of sp³-hybridized carbons (Fsp3) is 0.280. The Kier molecular flexibility index (Phi) is 7.01. The lowest BCUT2D eigenvalue weighted by molar-refractivity contribution is -0.120. The summed E-state index contributed by atoms with van der Waals surface area (Å²) in [5.74, 6) is -0.730. The number of carbonyl (C=O) groups excluding carboxylic acids is 2. The largest absolute Gasteiger partial charge is 0.462 e. The highest BCUT2D eigenvalue weighted by Gasteiger charge is 2.27. The molecular formula is C25H25FN4O4. The summed E-state index contributed by atoms with van der Waals surface area (Å²) in [5, 5.41) is 7.33. The van der Waals surface area contributed by atoms with E-state index in [9.17, 15) is 18.8 Å². The van der Waals surface area contributed by atoms with E-state index in [-0.39, 0.29) is 24.0 Å². The summed E-state index contributed by atoms with van der Waals surface area (Å²) in [7, 11) is 0. The van der Waals surface area contributed by atoms with Gasteiger partial charge in [-0.05, 0) is 68.3 Å². The van der Waals surface area contributed by atoms with E-state index in [4.69, 9.17) is 4.74 Å². The molecule has 1 unspecified atom stereocenters. The molecule has 1 saturated heterocycles. The van der Waals surface area contributed by atoms with E-state index in [2.05, 4.69) is 10.4 Å². The highest BCUT2D eigenvalue weighted by Crippen LogP contribution is 2.23. The fourth-order valence-corrected chi connectivity index (χ4v) is 3.92. The molecule has 1 N–H and O–H groups in total. The van der Waals surface area contributed by atoms with Gasteiger partial charge in [0.15, 0.2) is 0 Å². The van der Waals surface area contributed by atoms with Crippen molar-refractivity contribution in [3.8, 4) is 5.69 Å². The Labute approximate surface area is 196 Å². The van der Waals surface area contributed by atoms with E-state index in [1.165, 1.54) is 35.0 Å². The van der Waals surface area contributed by atoms with Gasteiger partial charge in [-0.25, -0.2) is 9.18 Å². The minimum Gasteiger partial charge on any atom is -0.462 e. The van der Waals surface area contributed by atoms with Crippen molar-refractivity contribution in [3.63, 3.8) is 0 Å². The minimum atomic E-state index is -0.440. The van der Waals surface area contributed by atoms with Crippen LogP contribution in [0.2, 0.25) is 0 Å². The van der Waals surface area contributed by atoms with Crippen LogP contribution in [0.15, 0.2) is 65.5 Å². The third-order valence-corrected chi connectivity index (χ3v) is 5.61. The smallest absolute Gasteiger partial charge is 0.338 e. The SMILES string of the molecule is CCOC(=O)c1cccc(NC(=O)C2CCCN(c3ccc(=O)n(-c4ccc(F)cc4)n3)C2)c1. The van der Waals surface area contributed by atoms with Crippen molar-refractivity contribution < 1.29 is 18.7 Å². The molecule has 2 aromatic carbocycles. The molecule has 0 bridgehead atoms. The van der Waals surface area contributed by atoms with Crippen LogP contribution in [0.1, 0.15) is 30.1 Å². The number of rotatable bonds is 6. The van der Waals surface area contributed by atoms with Crippen LogP contribution in [0.5, 0.6) is 0 Å². The van der Waals surface area contributed by atoms with Gasteiger partial charge < -0.3 is 15.0 Å². The molecule has 9 heteroatoms. The molecule has 2 heterocycles. The van der Waals surface area contributed by atoms with Gasteiger partial charge in [0, 0.05) is 24.8 Å². The van der Waals surface area contributed by atoms with Crippen molar-refractivity contribution in [1.82, 2.24) is 9.78 Å². The summed E-state index contributed by atoms with van der Waals surface area (Å²) in [6.45, 7) is 3.13. The van der Waals surface area contributed by atoms with E-state index in [1.54, 1.807) is 37.3 Å². The van der Waals surface area contributed by atoms with Crippen molar-refractivity contribution in [2.45, 2.75) is 19.8 Å². The van der Waals surface area contributed by atoms with E-state index in [1.807, 2.05) is 4.90 Å². The van der Waals surface area contributed by atoms with E-state index in [0.717, 1.165) is 6.42 Å². The molecular weight excluding hydrogens is 439 g/mol. The van der Waals surface area contributed by atoms with Crippen LogP contribution >= 0.6 is 0 Å². The maximum atomic E-state index is 13.3. The molecule has 34 heavy (non-hydrogen) atoms. The quantitative estimate of drug-likeness (QED) is 0.562. The highest BCUT2D eigenvalue weighted by atomic mass is 19.1. The van der Waals surface area contributed by atoms with Crippen molar-refractivity contribution >= 4 is 23.4 Å².